The molecule has 0 unspecified atom stereocenters. The van der Waals surface area contributed by atoms with Crippen LogP contribution in [0.2, 0.25) is 5.02 Å². The summed E-state index contributed by atoms with van der Waals surface area (Å²) in [7, 11) is 0. The third kappa shape index (κ3) is 3.42. The molecule has 1 amide bonds. The first-order chi connectivity index (χ1) is 10.8. The van der Waals surface area contributed by atoms with Gasteiger partial charge in [0.1, 0.15) is 5.75 Å². The van der Waals surface area contributed by atoms with Gasteiger partial charge in [0.2, 0.25) is 0 Å². The number of hydrogen-bond acceptors (Lipinski definition) is 2. The van der Waals surface area contributed by atoms with Gasteiger partial charge in [-0.05, 0) is 30.7 Å². The van der Waals surface area contributed by atoms with Gasteiger partial charge in [0, 0.05) is 5.56 Å². The summed E-state index contributed by atoms with van der Waals surface area (Å²) in [5.41, 5.74) is 4.21. The quantitative estimate of drug-likeness (QED) is 0.887. The Balaban J connectivity index is 2.83. The molecule has 0 aliphatic rings. The molecule has 2 aromatic carbocycles. The van der Waals surface area contributed by atoms with E-state index < -0.39 is 17.6 Å². The van der Waals surface area contributed by atoms with Crippen molar-refractivity contribution in [1.29, 1.82) is 0 Å². The highest BCUT2D eigenvalue weighted by molar-refractivity contribution is 6.34. The minimum absolute atomic E-state index is 0.00209. The van der Waals surface area contributed by atoms with Gasteiger partial charge in [0.05, 0.1) is 22.8 Å². The maximum Gasteiger partial charge on any atom is 0.417 e. The first-order valence-electron chi connectivity index (χ1n) is 6.69. The van der Waals surface area contributed by atoms with E-state index in [1.807, 2.05) is 0 Å². The summed E-state index contributed by atoms with van der Waals surface area (Å²) in [6.45, 7) is 1.78. The van der Waals surface area contributed by atoms with Gasteiger partial charge in [-0.25, -0.2) is 0 Å². The Morgan fingerprint density at radius 3 is 2.43 bits per heavy atom. The monoisotopic (exact) mass is 343 g/mol. The Bertz CT molecular complexity index is 745. The van der Waals surface area contributed by atoms with E-state index in [4.69, 9.17) is 22.1 Å². The summed E-state index contributed by atoms with van der Waals surface area (Å²) in [4.78, 5) is 11.6. The van der Waals surface area contributed by atoms with Crippen LogP contribution < -0.4 is 10.5 Å². The average molecular weight is 344 g/mol. The minimum Gasteiger partial charge on any atom is -0.492 e. The molecule has 122 valence electrons. The molecule has 0 saturated heterocycles. The normalized spacial score (nSPS) is 11.3. The first kappa shape index (κ1) is 17.1. The van der Waals surface area contributed by atoms with Crippen molar-refractivity contribution >= 4 is 17.5 Å². The molecule has 0 fully saturated rings. The molecular weight excluding hydrogens is 331 g/mol. The van der Waals surface area contributed by atoms with Crippen LogP contribution in [0.4, 0.5) is 13.2 Å². The third-order valence-electron chi connectivity index (χ3n) is 3.16. The molecule has 0 atom stereocenters. The lowest BCUT2D eigenvalue weighted by atomic mass is 9.96. The van der Waals surface area contributed by atoms with Crippen LogP contribution in [-0.4, -0.2) is 12.5 Å². The molecule has 3 nitrogen and oxygen atoms in total. The van der Waals surface area contributed by atoms with Crippen molar-refractivity contribution in [2.24, 2.45) is 5.73 Å². The predicted molar refractivity (Wildman–Crippen MR) is 81.6 cm³/mol. The number of rotatable bonds is 4. The summed E-state index contributed by atoms with van der Waals surface area (Å²) in [6.07, 6.45) is -4.58. The fourth-order valence-corrected chi connectivity index (χ4v) is 2.50. The summed E-state index contributed by atoms with van der Waals surface area (Å²) in [5, 5.41) is 0.0372. The molecule has 23 heavy (non-hydrogen) atoms. The van der Waals surface area contributed by atoms with Crippen molar-refractivity contribution in [2.75, 3.05) is 6.61 Å². The standard InChI is InChI=1S/C16H13ClF3NO2/c1-2-23-14-10(15(21)22)7-8-12(17)13(14)9-5-3-4-6-11(9)16(18,19)20/h3-8H,2H2,1H3,(H2,21,22). The van der Waals surface area contributed by atoms with E-state index in [0.29, 0.717) is 0 Å². The van der Waals surface area contributed by atoms with Crippen molar-refractivity contribution in [1.82, 2.24) is 0 Å². The smallest absolute Gasteiger partial charge is 0.417 e. The number of amides is 1. The number of ether oxygens (including phenoxy) is 1. The van der Waals surface area contributed by atoms with Crippen LogP contribution in [0.15, 0.2) is 36.4 Å². The molecule has 0 heterocycles. The average Bonchev–Trinajstić information content (AvgIpc) is 2.46. The highest BCUT2D eigenvalue weighted by Crippen LogP contribution is 2.44. The van der Waals surface area contributed by atoms with Crippen molar-refractivity contribution in [3.8, 4) is 16.9 Å². The maximum atomic E-state index is 13.3. The zero-order valence-electron chi connectivity index (χ0n) is 12.1. The van der Waals surface area contributed by atoms with Gasteiger partial charge in [-0.1, -0.05) is 29.8 Å². The zero-order chi connectivity index (χ0) is 17.2. The number of primary amides is 1. The zero-order valence-corrected chi connectivity index (χ0v) is 12.8. The molecule has 2 rings (SSSR count). The van der Waals surface area contributed by atoms with E-state index in [0.717, 1.165) is 6.07 Å². The number of carbonyl (C=O) groups is 1. The van der Waals surface area contributed by atoms with Gasteiger partial charge in [0.15, 0.2) is 0 Å². The van der Waals surface area contributed by atoms with Gasteiger partial charge in [0.25, 0.3) is 5.91 Å². The highest BCUT2D eigenvalue weighted by Gasteiger charge is 2.35. The van der Waals surface area contributed by atoms with Gasteiger partial charge in [-0.3, -0.25) is 4.79 Å². The number of hydrogen-bond donors (Lipinski definition) is 1. The van der Waals surface area contributed by atoms with E-state index in [2.05, 4.69) is 0 Å². The van der Waals surface area contributed by atoms with Crippen molar-refractivity contribution < 1.29 is 22.7 Å². The van der Waals surface area contributed by atoms with Gasteiger partial charge >= 0.3 is 6.18 Å². The number of halogens is 4. The Hall–Kier alpha value is -2.21. The summed E-state index contributed by atoms with van der Waals surface area (Å²) in [5.74, 6) is -0.861. The largest absolute Gasteiger partial charge is 0.492 e. The van der Waals surface area contributed by atoms with E-state index in [1.54, 1.807) is 6.92 Å². The Kier molecular flexibility index (Phi) is 4.85. The fourth-order valence-electron chi connectivity index (χ4n) is 2.25. The molecule has 0 aliphatic heterocycles. The second-order valence-electron chi connectivity index (χ2n) is 4.64. The molecule has 0 aromatic heterocycles. The van der Waals surface area contributed by atoms with Crippen LogP contribution in [0.5, 0.6) is 5.75 Å². The van der Waals surface area contributed by atoms with Gasteiger partial charge < -0.3 is 10.5 Å². The van der Waals surface area contributed by atoms with E-state index in [-0.39, 0.29) is 34.1 Å². The SMILES string of the molecule is CCOc1c(C(N)=O)ccc(Cl)c1-c1ccccc1C(F)(F)F. The molecule has 2 aromatic rings. The molecule has 0 radical (unpaired) electrons. The van der Waals surface area contributed by atoms with Crippen molar-refractivity contribution in [3.63, 3.8) is 0 Å². The first-order valence-corrected chi connectivity index (χ1v) is 7.06. The predicted octanol–water partition coefficient (Wildman–Crippen LogP) is 4.52. The summed E-state index contributed by atoms with van der Waals surface area (Å²) in [6, 6.07) is 7.60. The van der Waals surface area contributed by atoms with Gasteiger partial charge in [-0.15, -0.1) is 0 Å². The van der Waals surface area contributed by atoms with Crippen LogP contribution in [0.25, 0.3) is 11.1 Å². The number of alkyl halides is 3. The molecule has 0 saturated carbocycles. The molecule has 2 N–H and O–H groups in total. The van der Waals surface area contributed by atoms with Crippen molar-refractivity contribution in [2.45, 2.75) is 13.1 Å². The summed E-state index contributed by atoms with van der Waals surface area (Å²) >= 11 is 6.10. The van der Waals surface area contributed by atoms with Crippen LogP contribution in [0, 0.1) is 0 Å². The van der Waals surface area contributed by atoms with Crippen LogP contribution >= 0.6 is 11.6 Å². The molecule has 0 bridgehead atoms. The highest BCUT2D eigenvalue weighted by atomic mass is 35.5. The summed E-state index contributed by atoms with van der Waals surface area (Å²) < 4.78 is 45.2. The molecular formula is C16H13ClF3NO2. The van der Waals surface area contributed by atoms with Crippen LogP contribution in [0.3, 0.4) is 0 Å². The minimum atomic E-state index is -4.58. The van der Waals surface area contributed by atoms with E-state index >= 15 is 0 Å². The number of nitrogens with two attached hydrogens (primary N) is 1. The Labute approximate surface area is 135 Å². The molecule has 0 aliphatic carbocycles. The maximum absolute atomic E-state index is 13.3. The Morgan fingerprint density at radius 1 is 1.22 bits per heavy atom. The molecule has 7 heteroatoms. The topological polar surface area (TPSA) is 52.3 Å². The second kappa shape index (κ2) is 6.50. The second-order valence-corrected chi connectivity index (χ2v) is 5.05. The number of carbonyl (C=O) groups excluding carboxylic acids is 1. The Morgan fingerprint density at radius 2 is 1.87 bits per heavy atom. The fraction of sp³-hybridized carbons (Fsp3) is 0.188. The number of benzene rings is 2. The lowest BCUT2D eigenvalue weighted by Crippen LogP contribution is -2.14. The van der Waals surface area contributed by atoms with Crippen LogP contribution in [-0.2, 0) is 6.18 Å². The van der Waals surface area contributed by atoms with E-state index in [1.165, 1.54) is 30.3 Å². The molecule has 0 spiro atoms. The van der Waals surface area contributed by atoms with Crippen molar-refractivity contribution in [3.05, 3.63) is 52.5 Å². The van der Waals surface area contributed by atoms with E-state index in [9.17, 15) is 18.0 Å². The lowest BCUT2D eigenvalue weighted by molar-refractivity contribution is -0.137. The van der Waals surface area contributed by atoms with Gasteiger partial charge in [-0.2, -0.15) is 13.2 Å². The lowest BCUT2D eigenvalue weighted by Gasteiger charge is -2.18. The third-order valence-corrected chi connectivity index (χ3v) is 3.48. The van der Waals surface area contributed by atoms with Crippen LogP contribution in [0.1, 0.15) is 22.8 Å².